The van der Waals surface area contributed by atoms with E-state index in [4.69, 9.17) is 4.74 Å². The number of fused-ring (bicyclic) bond motifs is 2. The van der Waals surface area contributed by atoms with Crippen LogP contribution >= 0.6 is 11.3 Å². The number of aliphatic carboxylic acids is 1. The summed E-state index contributed by atoms with van der Waals surface area (Å²) in [6, 6.07) is 7.48. The Balaban J connectivity index is 1.59. The van der Waals surface area contributed by atoms with E-state index in [1.807, 2.05) is 50.6 Å². The summed E-state index contributed by atoms with van der Waals surface area (Å²) in [5, 5.41) is 19.0. The number of thiophene rings is 1. The maximum absolute atomic E-state index is 13.7. The molecule has 0 bridgehead atoms. The van der Waals surface area contributed by atoms with Crippen LogP contribution in [0.5, 0.6) is 5.75 Å². The van der Waals surface area contributed by atoms with Gasteiger partial charge in [0.1, 0.15) is 22.3 Å². The molecule has 3 aromatic heterocycles. The van der Waals surface area contributed by atoms with Crippen LogP contribution in [0.2, 0.25) is 0 Å². The molecule has 0 spiro atoms. The number of pyridine rings is 1. The molecule has 1 aliphatic heterocycles. The van der Waals surface area contributed by atoms with Crippen molar-refractivity contribution < 1.29 is 23.1 Å². The lowest BCUT2D eigenvalue weighted by atomic mass is 9.72. The predicted octanol–water partition coefficient (Wildman–Crippen LogP) is 5.13. The Labute approximate surface area is 244 Å². The summed E-state index contributed by atoms with van der Waals surface area (Å²) >= 11 is 1.50. The number of sulfonamides is 1. The van der Waals surface area contributed by atoms with Gasteiger partial charge in [0.2, 0.25) is 10.0 Å². The number of carbonyl (C=O) groups is 1. The summed E-state index contributed by atoms with van der Waals surface area (Å²) in [5.74, 6) is -1.11. The molecule has 1 aromatic carbocycles. The molecule has 2 atom stereocenters. The quantitative estimate of drug-likeness (QED) is 0.296. The van der Waals surface area contributed by atoms with Crippen molar-refractivity contribution in [3.63, 3.8) is 0 Å². The number of rotatable bonds is 8. The highest BCUT2D eigenvalue weighted by molar-refractivity contribution is 7.89. The zero-order chi connectivity index (χ0) is 29.7. The van der Waals surface area contributed by atoms with Crippen molar-refractivity contribution in [2.45, 2.75) is 78.0 Å². The molecular weight excluding hydrogens is 562 g/mol. The van der Waals surface area contributed by atoms with Crippen molar-refractivity contribution in [1.29, 1.82) is 0 Å². The van der Waals surface area contributed by atoms with Gasteiger partial charge in [0, 0.05) is 35.0 Å². The lowest BCUT2D eigenvalue weighted by Crippen LogP contribution is -2.36. The topological polar surface area (TPSA) is 128 Å². The zero-order valence-electron chi connectivity index (χ0n) is 24.1. The third-order valence-corrected chi connectivity index (χ3v) is 11.0. The van der Waals surface area contributed by atoms with Crippen molar-refractivity contribution in [3.05, 3.63) is 63.1 Å². The van der Waals surface area contributed by atoms with Gasteiger partial charge in [0.05, 0.1) is 23.7 Å². The zero-order valence-corrected chi connectivity index (χ0v) is 25.7. The minimum Gasteiger partial charge on any atom is -0.488 e. The third-order valence-electron chi connectivity index (χ3n) is 8.06. The van der Waals surface area contributed by atoms with Crippen LogP contribution in [0.4, 0.5) is 0 Å². The Morgan fingerprint density at radius 1 is 1.24 bits per heavy atom. The fraction of sp³-hybridized carbons (Fsp3) is 0.448. The molecule has 1 N–H and O–H groups in total. The Kier molecular flexibility index (Phi) is 7.68. The van der Waals surface area contributed by atoms with Gasteiger partial charge in [-0.15, -0.1) is 16.4 Å². The third kappa shape index (κ3) is 5.02. The number of hydrogen-bond acceptors (Lipinski definition) is 8. The first kappa shape index (κ1) is 29.2. The molecule has 10 nitrogen and oxygen atoms in total. The molecule has 41 heavy (non-hydrogen) atoms. The number of benzene rings is 1. The second-order valence-electron chi connectivity index (χ2n) is 11.0. The molecule has 12 heteroatoms. The van der Waals surface area contributed by atoms with Crippen LogP contribution in [0.3, 0.4) is 0 Å². The van der Waals surface area contributed by atoms with Crippen LogP contribution in [-0.2, 0) is 27.9 Å². The number of hydrogen-bond donors (Lipinski definition) is 1. The van der Waals surface area contributed by atoms with Crippen LogP contribution in [-0.4, -0.2) is 56.4 Å². The van der Waals surface area contributed by atoms with Crippen LogP contribution in [0.15, 0.2) is 41.6 Å². The summed E-state index contributed by atoms with van der Waals surface area (Å²) in [4.78, 5) is 18.5. The molecule has 1 aliphatic rings. The second-order valence-corrected chi connectivity index (χ2v) is 14.2. The fourth-order valence-corrected chi connectivity index (χ4v) is 8.35. The number of aromatic nitrogens is 4. The molecule has 0 saturated heterocycles. The van der Waals surface area contributed by atoms with Crippen molar-refractivity contribution in [2.75, 3.05) is 6.54 Å². The van der Waals surface area contributed by atoms with Gasteiger partial charge in [-0.3, -0.25) is 9.78 Å². The summed E-state index contributed by atoms with van der Waals surface area (Å²) < 4.78 is 36.8. The molecule has 218 valence electrons. The number of nitrogens with zero attached hydrogens (tertiary/aromatic N) is 5. The maximum atomic E-state index is 13.7. The number of ether oxygens (including phenoxy) is 1. The molecular formula is C29H35N5O5S2. The Morgan fingerprint density at radius 3 is 2.68 bits per heavy atom. The van der Waals surface area contributed by atoms with Crippen LogP contribution < -0.4 is 4.74 Å². The van der Waals surface area contributed by atoms with Crippen molar-refractivity contribution in [2.24, 2.45) is 5.41 Å². The normalized spacial score (nSPS) is 18.0. The SMILES string of the molecule is CC[C@@H]1CN(Cc2cc(C(c3ccc4c(nnn4CC)c3C)C(C)(C)C(=O)O)sc2C)S(=O)(=O)c2cnccc2O1. The van der Waals surface area contributed by atoms with E-state index in [1.54, 1.807) is 19.9 Å². The molecule has 0 amide bonds. The minimum absolute atomic E-state index is 0.0537. The van der Waals surface area contributed by atoms with E-state index in [9.17, 15) is 18.3 Å². The standard InChI is InChI=1S/C29H35N5O5S2/c1-7-20-16-33(41(37,38)25-14-30-12-11-23(25)39-20)15-19-13-24(40-18(19)4)26(29(5,6)28(35)36)21-9-10-22-27(17(21)3)31-32-34(22)8-2/h9-14,20,26H,7-8,15-16H2,1-6H3,(H,35,36)/t20-,26?/m1/s1. The first-order valence-electron chi connectivity index (χ1n) is 13.7. The van der Waals surface area contributed by atoms with Gasteiger partial charge in [-0.2, -0.15) is 4.31 Å². The fourth-order valence-electron chi connectivity index (χ4n) is 5.49. The molecule has 0 aliphatic carbocycles. The molecule has 0 saturated carbocycles. The van der Waals surface area contributed by atoms with E-state index < -0.39 is 27.3 Å². The number of carboxylic acids is 1. The highest BCUT2D eigenvalue weighted by Gasteiger charge is 2.42. The van der Waals surface area contributed by atoms with Crippen LogP contribution in [0, 0.1) is 19.3 Å². The van der Waals surface area contributed by atoms with Crippen LogP contribution in [0.25, 0.3) is 11.0 Å². The Morgan fingerprint density at radius 2 is 2.00 bits per heavy atom. The van der Waals surface area contributed by atoms with E-state index in [1.165, 1.54) is 28.0 Å². The number of aryl methyl sites for hydroxylation is 3. The van der Waals surface area contributed by atoms with E-state index in [0.717, 1.165) is 37.5 Å². The van der Waals surface area contributed by atoms with Gasteiger partial charge in [0.25, 0.3) is 0 Å². The monoisotopic (exact) mass is 597 g/mol. The van der Waals surface area contributed by atoms with E-state index >= 15 is 0 Å². The predicted molar refractivity (Wildman–Crippen MR) is 157 cm³/mol. The molecule has 0 fully saturated rings. The van der Waals surface area contributed by atoms with E-state index in [2.05, 4.69) is 15.3 Å². The van der Waals surface area contributed by atoms with Gasteiger partial charge in [-0.05, 0) is 75.9 Å². The first-order valence-corrected chi connectivity index (χ1v) is 15.9. The van der Waals surface area contributed by atoms with Gasteiger partial charge >= 0.3 is 5.97 Å². The first-order chi connectivity index (χ1) is 19.4. The molecule has 0 radical (unpaired) electrons. The van der Waals surface area contributed by atoms with Gasteiger partial charge in [-0.25, -0.2) is 13.1 Å². The minimum atomic E-state index is -3.87. The molecule has 4 aromatic rings. The Bertz CT molecular complexity index is 1730. The van der Waals surface area contributed by atoms with E-state index in [-0.39, 0.29) is 24.1 Å². The summed E-state index contributed by atoms with van der Waals surface area (Å²) in [7, 11) is -3.87. The lowest BCUT2D eigenvalue weighted by Gasteiger charge is -2.31. The summed E-state index contributed by atoms with van der Waals surface area (Å²) in [5.41, 5.74) is 3.07. The molecule has 5 rings (SSSR count). The summed E-state index contributed by atoms with van der Waals surface area (Å²) in [6.07, 6.45) is 3.19. The lowest BCUT2D eigenvalue weighted by molar-refractivity contribution is -0.147. The average molecular weight is 598 g/mol. The van der Waals surface area contributed by atoms with Crippen molar-refractivity contribution >= 4 is 38.4 Å². The second kappa shape index (κ2) is 10.8. The van der Waals surface area contributed by atoms with Gasteiger partial charge in [-0.1, -0.05) is 18.2 Å². The average Bonchev–Trinajstić information content (AvgIpc) is 3.49. The largest absolute Gasteiger partial charge is 0.488 e. The van der Waals surface area contributed by atoms with Gasteiger partial charge < -0.3 is 9.84 Å². The summed E-state index contributed by atoms with van der Waals surface area (Å²) in [6.45, 7) is 12.3. The van der Waals surface area contributed by atoms with Gasteiger partial charge in [0.15, 0.2) is 0 Å². The maximum Gasteiger partial charge on any atom is 0.310 e. The highest BCUT2D eigenvalue weighted by Crippen LogP contribution is 2.47. The van der Waals surface area contributed by atoms with E-state index in [0.29, 0.717) is 18.7 Å². The smallest absolute Gasteiger partial charge is 0.310 e. The number of carboxylic acid groups (broad SMARTS) is 1. The van der Waals surface area contributed by atoms with Crippen molar-refractivity contribution in [3.8, 4) is 5.75 Å². The van der Waals surface area contributed by atoms with Crippen LogP contribution in [0.1, 0.15) is 66.5 Å². The Hall–Kier alpha value is -3.35. The molecule has 4 heterocycles. The highest BCUT2D eigenvalue weighted by atomic mass is 32.2. The molecule has 1 unspecified atom stereocenters. The van der Waals surface area contributed by atoms with Crippen molar-refractivity contribution in [1.82, 2.24) is 24.3 Å².